The summed E-state index contributed by atoms with van der Waals surface area (Å²) >= 11 is 0. The van der Waals surface area contributed by atoms with Crippen molar-refractivity contribution in [3.8, 4) is 5.75 Å². The number of para-hydroxylation sites is 1. The molecule has 2 rings (SSSR count). The highest BCUT2D eigenvalue weighted by atomic mass is 16.5. The molecular weight excluding hydrogens is 276 g/mol. The third-order valence-corrected chi connectivity index (χ3v) is 3.47. The maximum Gasteiger partial charge on any atom is 0.243 e. The van der Waals surface area contributed by atoms with E-state index in [-0.39, 0.29) is 12.5 Å². The van der Waals surface area contributed by atoms with E-state index >= 15 is 0 Å². The van der Waals surface area contributed by atoms with Gasteiger partial charge in [0, 0.05) is 5.69 Å². The smallest absolute Gasteiger partial charge is 0.243 e. The molecule has 0 spiro atoms. The van der Waals surface area contributed by atoms with Crippen molar-refractivity contribution >= 4 is 17.3 Å². The van der Waals surface area contributed by atoms with Crippen LogP contribution in [-0.2, 0) is 11.2 Å². The van der Waals surface area contributed by atoms with Gasteiger partial charge in [0.2, 0.25) is 5.91 Å². The van der Waals surface area contributed by atoms with Crippen LogP contribution in [0, 0.1) is 6.92 Å². The lowest BCUT2D eigenvalue weighted by Gasteiger charge is -2.13. The van der Waals surface area contributed by atoms with Crippen molar-refractivity contribution in [3.63, 3.8) is 0 Å². The molecule has 0 heterocycles. The van der Waals surface area contributed by atoms with Gasteiger partial charge in [0.1, 0.15) is 5.75 Å². The first-order chi connectivity index (χ1) is 10.6. The quantitative estimate of drug-likeness (QED) is 0.856. The van der Waals surface area contributed by atoms with Crippen LogP contribution in [-0.4, -0.2) is 19.6 Å². The van der Waals surface area contributed by atoms with E-state index in [9.17, 15) is 4.79 Å². The molecule has 0 unspecified atom stereocenters. The van der Waals surface area contributed by atoms with Crippen LogP contribution in [0.25, 0.3) is 0 Å². The van der Waals surface area contributed by atoms with E-state index in [1.807, 2.05) is 43.3 Å². The molecule has 4 nitrogen and oxygen atoms in total. The maximum atomic E-state index is 12.1. The Balaban J connectivity index is 2.00. The number of carbonyl (C=O) groups excluding carboxylic acids is 1. The molecule has 0 atom stereocenters. The summed E-state index contributed by atoms with van der Waals surface area (Å²) in [5.41, 5.74) is 3.96. The highest BCUT2D eigenvalue weighted by molar-refractivity contribution is 5.95. The molecular formula is C18H22N2O2. The number of amides is 1. The number of ether oxygens (including phenoxy) is 1. The zero-order chi connectivity index (χ0) is 15.9. The zero-order valence-corrected chi connectivity index (χ0v) is 13.3. The Labute approximate surface area is 131 Å². The summed E-state index contributed by atoms with van der Waals surface area (Å²) in [7, 11) is 1.59. The lowest BCUT2D eigenvalue weighted by molar-refractivity contribution is -0.114. The monoisotopic (exact) mass is 298 g/mol. The normalized spacial score (nSPS) is 10.1. The molecule has 2 N–H and O–H groups in total. The topological polar surface area (TPSA) is 50.4 Å². The van der Waals surface area contributed by atoms with Gasteiger partial charge in [-0.15, -0.1) is 0 Å². The number of rotatable bonds is 6. The highest BCUT2D eigenvalue weighted by Crippen LogP contribution is 2.25. The SMILES string of the molecule is CCc1ccccc1NCC(=O)Nc1cc(C)ccc1OC. The molecule has 1 amide bonds. The summed E-state index contributed by atoms with van der Waals surface area (Å²) in [5.74, 6) is 0.558. The van der Waals surface area contributed by atoms with Crippen LogP contribution in [0.3, 0.4) is 0 Å². The van der Waals surface area contributed by atoms with E-state index in [2.05, 4.69) is 23.6 Å². The van der Waals surface area contributed by atoms with Gasteiger partial charge in [-0.05, 0) is 42.7 Å². The number of benzene rings is 2. The molecule has 0 aliphatic carbocycles. The Morgan fingerprint density at radius 1 is 1.14 bits per heavy atom. The Bertz CT molecular complexity index is 653. The van der Waals surface area contributed by atoms with E-state index in [0.717, 1.165) is 17.7 Å². The molecule has 2 aromatic rings. The standard InChI is InChI=1S/C18H22N2O2/c1-4-14-7-5-6-8-15(14)19-12-18(21)20-16-11-13(2)9-10-17(16)22-3/h5-11,19H,4,12H2,1-3H3,(H,20,21). The number of nitrogens with one attached hydrogen (secondary N) is 2. The van der Waals surface area contributed by atoms with Crippen molar-refractivity contribution in [2.75, 3.05) is 24.3 Å². The first-order valence-electron chi connectivity index (χ1n) is 7.40. The average Bonchev–Trinajstić information content (AvgIpc) is 2.53. The van der Waals surface area contributed by atoms with Crippen LogP contribution in [0.2, 0.25) is 0 Å². The van der Waals surface area contributed by atoms with Gasteiger partial charge in [0.05, 0.1) is 19.3 Å². The van der Waals surface area contributed by atoms with Crippen LogP contribution < -0.4 is 15.4 Å². The summed E-state index contributed by atoms with van der Waals surface area (Å²) in [6, 6.07) is 13.7. The van der Waals surface area contributed by atoms with Gasteiger partial charge in [0.15, 0.2) is 0 Å². The fourth-order valence-electron chi connectivity index (χ4n) is 2.29. The summed E-state index contributed by atoms with van der Waals surface area (Å²) in [4.78, 5) is 12.1. The first-order valence-corrected chi connectivity index (χ1v) is 7.40. The van der Waals surface area contributed by atoms with Crippen molar-refractivity contribution < 1.29 is 9.53 Å². The van der Waals surface area contributed by atoms with Crippen molar-refractivity contribution in [2.24, 2.45) is 0 Å². The third kappa shape index (κ3) is 4.01. The molecule has 22 heavy (non-hydrogen) atoms. The first kappa shape index (κ1) is 15.9. The van der Waals surface area contributed by atoms with Gasteiger partial charge in [0.25, 0.3) is 0 Å². The highest BCUT2D eigenvalue weighted by Gasteiger charge is 2.08. The van der Waals surface area contributed by atoms with Gasteiger partial charge in [-0.3, -0.25) is 4.79 Å². The van der Waals surface area contributed by atoms with Gasteiger partial charge >= 0.3 is 0 Å². The molecule has 0 fully saturated rings. The minimum atomic E-state index is -0.102. The van der Waals surface area contributed by atoms with Crippen molar-refractivity contribution in [1.29, 1.82) is 0 Å². The maximum absolute atomic E-state index is 12.1. The second-order valence-electron chi connectivity index (χ2n) is 5.12. The number of methoxy groups -OCH3 is 1. The number of aryl methyl sites for hydroxylation is 2. The van der Waals surface area contributed by atoms with Crippen LogP contribution in [0.4, 0.5) is 11.4 Å². The van der Waals surface area contributed by atoms with Crippen molar-refractivity contribution in [2.45, 2.75) is 20.3 Å². The van der Waals surface area contributed by atoms with Crippen LogP contribution in [0.1, 0.15) is 18.1 Å². The van der Waals surface area contributed by atoms with Gasteiger partial charge in [-0.25, -0.2) is 0 Å². The second-order valence-corrected chi connectivity index (χ2v) is 5.12. The largest absolute Gasteiger partial charge is 0.495 e. The predicted molar refractivity (Wildman–Crippen MR) is 90.7 cm³/mol. The molecule has 2 aromatic carbocycles. The Morgan fingerprint density at radius 2 is 1.91 bits per heavy atom. The summed E-state index contributed by atoms with van der Waals surface area (Å²) in [6.07, 6.45) is 0.927. The molecule has 0 aliphatic heterocycles. The van der Waals surface area contributed by atoms with Crippen LogP contribution in [0.5, 0.6) is 5.75 Å². The van der Waals surface area contributed by atoms with E-state index in [0.29, 0.717) is 11.4 Å². The van der Waals surface area contributed by atoms with E-state index in [1.165, 1.54) is 5.56 Å². The van der Waals surface area contributed by atoms with E-state index in [1.54, 1.807) is 7.11 Å². The van der Waals surface area contributed by atoms with Crippen molar-refractivity contribution in [3.05, 3.63) is 53.6 Å². The molecule has 0 radical (unpaired) electrons. The molecule has 116 valence electrons. The summed E-state index contributed by atoms with van der Waals surface area (Å²) in [5, 5.41) is 6.07. The van der Waals surface area contributed by atoms with E-state index < -0.39 is 0 Å². The van der Waals surface area contributed by atoms with Crippen LogP contribution >= 0.6 is 0 Å². The summed E-state index contributed by atoms with van der Waals surface area (Å²) in [6.45, 7) is 4.29. The molecule has 4 heteroatoms. The molecule has 0 saturated heterocycles. The Hall–Kier alpha value is -2.49. The summed E-state index contributed by atoms with van der Waals surface area (Å²) < 4.78 is 5.27. The second kappa shape index (κ2) is 7.50. The molecule has 0 aromatic heterocycles. The van der Waals surface area contributed by atoms with E-state index in [4.69, 9.17) is 4.74 Å². The minimum Gasteiger partial charge on any atom is -0.495 e. The number of hydrogen-bond donors (Lipinski definition) is 2. The number of anilines is 2. The third-order valence-electron chi connectivity index (χ3n) is 3.47. The van der Waals surface area contributed by atoms with Crippen LogP contribution in [0.15, 0.2) is 42.5 Å². The molecule has 0 bridgehead atoms. The Kier molecular flexibility index (Phi) is 5.42. The molecule has 0 saturated carbocycles. The Morgan fingerprint density at radius 3 is 2.64 bits per heavy atom. The van der Waals surface area contributed by atoms with Gasteiger partial charge in [-0.2, -0.15) is 0 Å². The zero-order valence-electron chi connectivity index (χ0n) is 13.3. The van der Waals surface area contributed by atoms with Gasteiger partial charge < -0.3 is 15.4 Å². The number of carbonyl (C=O) groups is 1. The molecule has 0 aliphatic rings. The average molecular weight is 298 g/mol. The lowest BCUT2D eigenvalue weighted by Crippen LogP contribution is -2.22. The predicted octanol–water partition coefficient (Wildman–Crippen LogP) is 3.62. The van der Waals surface area contributed by atoms with Crippen molar-refractivity contribution in [1.82, 2.24) is 0 Å². The van der Waals surface area contributed by atoms with Gasteiger partial charge in [-0.1, -0.05) is 31.2 Å². The fourth-order valence-corrected chi connectivity index (χ4v) is 2.29. The lowest BCUT2D eigenvalue weighted by atomic mass is 10.1. The fraction of sp³-hybridized carbons (Fsp3) is 0.278. The number of hydrogen-bond acceptors (Lipinski definition) is 3. The minimum absolute atomic E-state index is 0.102.